The molecule has 1 spiro atoms. The Hall–Kier alpha value is -2.96. The van der Waals surface area contributed by atoms with E-state index < -0.39 is 27.7 Å². The lowest BCUT2D eigenvalue weighted by atomic mass is 9.80. The smallest absolute Gasteiger partial charge is 0.248 e. The molecular weight excluding hydrogens is 544 g/mol. The molecule has 2 fully saturated rings. The number of nitrogens with zero attached hydrogens (tertiary/aromatic N) is 4. The number of amides is 2. The highest BCUT2D eigenvalue weighted by Crippen LogP contribution is 2.35. The van der Waals surface area contributed by atoms with Gasteiger partial charge in [0.15, 0.2) is 0 Å². The molecule has 2 aliphatic rings. The molecule has 4 rings (SSSR count). The molecule has 1 aromatic carbocycles. The highest BCUT2D eigenvalue weighted by molar-refractivity contribution is 7.92. The maximum atomic E-state index is 13.6. The molecule has 3 heterocycles. The van der Waals surface area contributed by atoms with Crippen LogP contribution in [0.4, 0.5) is 5.69 Å². The fourth-order valence-electron chi connectivity index (χ4n) is 5.94. The molecule has 2 atom stereocenters. The minimum Gasteiger partial charge on any atom is -0.390 e. The number of carbonyl (C=O) groups excluding carboxylic acids is 2. The summed E-state index contributed by atoms with van der Waals surface area (Å²) in [6.07, 6.45) is 2.95. The highest BCUT2D eigenvalue weighted by Gasteiger charge is 2.54. The number of hydrogen-bond donors (Lipinski definition) is 3. The average Bonchev–Trinajstić information content (AvgIpc) is 3.19. The van der Waals surface area contributed by atoms with Crippen molar-refractivity contribution in [1.29, 1.82) is 0 Å². The predicted octanol–water partition coefficient (Wildman–Crippen LogP) is 2.34. The van der Waals surface area contributed by atoms with E-state index in [1.807, 2.05) is 44.5 Å². The van der Waals surface area contributed by atoms with Gasteiger partial charge in [-0.05, 0) is 63.3 Å². The molecule has 1 aromatic heterocycles. The third kappa shape index (κ3) is 6.44. The van der Waals surface area contributed by atoms with E-state index in [0.29, 0.717) is 44.7 Å². The first kappa shape index (κ1) is 31.0. The lowest BCUT2D eigenvalue weighted by Gasteiger charge is -2.52. The summed E-state index contributed by atoms with van der Waals surface area (Å²) in [5.41, 5.74) is 3.42. The van der Waals surface area contributed by atoms with Crippen molar-refractivity contribution in [1.82, 2.24) is 24.9 Å². The summed E-state index contributed by atoms with van der Waals surface area (Å²) in [6.45, 7) is 12.2. The van der Waals surface area contributed by atoms with Crippen LogP contribution in [0.25, 0.3) is 5.69 Å². The van der Waals surface area contributed by atoms with Crippen molar-refractivity contribution in [3.05, 3.63) is 41.2 Å². The van der Waals surface area contributed by atoms with Gasteiger partial charge in [-0.2, -0.15) is 5.10 Å². The lowest BCUT2D eigenvalue weighted by molar-refractivity contribution is -0.165. The zero-order valence-electron chi connectivity index (χ0n) is 25.0. The number of benzene rings is 1. The van der Waals surface area contributed by atoms with Crippen LogP contribution in [0.5, 0.6) is 0 Å². The molecular formula is C29H44N6O5S. The molecule has 2 amide bonds. The summed E-state index contributed by atoms with van der Waals surface area (Å²) < 4.78 is 27.4. The van der Waals surface area contributed by atoms with Crippen LogP contribution < -0.4 is 10.0 Å². The topological polar surface area (TPSA) is 137 Å². The number of likely N-dealkylation sites (tertiary alicyclic amines) is 1. The van der Waals surface area contributed by atoms with Crippen LogP contribution in [0.3, 0.4) is 0 Å². The van der Waals surface area contributed by atoms with Crippen molar-refractivity contribution in [2.24, 2.45) is 5.92 Å². The minimum atomic E-state index is -3.35. The van der Waals surface area contributed by atoms with Gasteiger partial charge in [-0.1, -0.05) is 27.2 Å². The van der Waals surface area contributed by atoms with Gasteiger partial charge in [0.2, 0.25) is 21.8 Å². The Morgan fingerprint density at radius 1 is 1.15 bits per heavy atom. The normalized spacial score (nSPS) is 20.5. The molecule has 0 radical (unpaired) electrons. The van der Waals surface area contributed by atoms with Gasteiger partial charge in [-0.25, -0.2) is 13.1 Å². The van der Waals surface area contributed by atoms with Crippen LogP contribution >= 0.6 is 0 Å². The fourth-order valence-corrected chi connectivity index (χ4v) is 6.50. The van der Waals surface area contributed by atoms with E-state index in [0.717, 1.165) is 41.7 Å². The molecule has 3 N–H and O–H groups in total. The molecule has 0 bridgehead atoms. The number of aromatic nitrogens is 2. The predicted molar refractivity (Wildman–Crippen MR) is 158 cm³/mol. The number of piperidine rings is 1. The number of aliphatic hydroxyl groups is 1. The number of aliphatic hydroxyl groups excluding tert-OH is 1. The Balaban J connectivity index is 1.49. The lowest BCUT2D eigenvalue weighted by Crippen LogP contribution is -2.74. The van der Waals surface area contributed by atoms with Crippen LogP contribution in [0.2, 0.25) is 0 Å². The molecule has 11 nitrogen and oxygen atoms in total. The number of aryl methyl sites for hydroxylation is 1. The van der Waals surface area contributed by atoms with Crippen molar-refractivity contribution < 1.29 is 23.1 Å². The van der Waals surface area contributed by atoms with Crippen LogP contribution in [0.15, 0.2) is 24.3 Å². The van der Waals surface area contributed by atoms with E-state index in [1.165, 1.54) is 0 Å². The zero-order valence-corrected chi connectivity index (χ0v) is 25.8. The maximum absolute atomic E-state index is 13.6. The number of hydrogen-bond acceptors (Lipinski definition) is 7. The van der Waals surface area contributed by atoms with Crippen LogP contribution in [0.1, 0.15) is 63.4 Å². The second-order valence-corrected chi connectivity index (χ2v) is 13.6. The van der Waals surface area contributed by atoms with Gasteiger partial charge in [0.25, 0.3) is 0 Å². The van der Waals surface area contributed by atoms with E-state index in [1.54, 1.807) is 17.0 Å². The first-order valence-corrected chi connectivity index (χ1v) is 16.3. The average molecular weight is 589 g/mol. The van der Waals surface area contributed by atoms with Gasteiger partial charge in [0, 0.05) is 43.1 Å². The number of rotatable bonds is 10. The molecule has 0 saturated carbocycles. The Kier molecular flexibility index (Phi) is 9.15. The quantitative estimate of drug-likeness (QED) is 0.388. The SMILES string of the molecule is CCCCN1C(=O)[C@@H]([C@H](O)C(C)C)NC(=O)C12CCN(Cc1c(C)nn(-c3ccc(NS(C)(=O)=O)cc3)c1C)CC2. The van der Waals surface area contributed by atoms with E-state index in [4.69, 9.17) is 5.10 Å². The number of nitrogens with one attached hydrogen (secondary N) is 2. The summed E-state index contributed by atoms with van der Waals surface area (Å²) in [7, 11) is -3.35. The zero-order chi connectivity index (χ0) is 30.1. The summed E-state index contributed by atoms with van der Waals surface area (Å²) >= 11 is 0. The summed E-state index contributed by atoms with van der Waals surface area (Å²) in [4.78, 5) is 31.2. The van der Waals surface area contributed by atoms with Gasteiger partial charge in [0.1, 0.15) is 11.6 Å². The number of carbonyl (C=O) groups is 2. The van der Waals surface area contributed by atoms with Crippen LogP contribution in [-0.2, 0) is 26.2 Å². The third-order valence-electron chi connectivity index (χ3n) is 8.44. The standard InChI is InChI=1S/C29H44N6O5S/c1-7-8-15-34-27(37)25(26(36)19(2)3)30-28(38)29(34)13-16-33(17-14-29)18-24-20(4)31-35(21(24)5)23-11-9-22(10-12-23)32-41(6,39)40/h9-12,19,25-26,32,36H,7-8,13-18H2,1-6H3,(H,30,38)/t25-,26-/m1/s1. The Morgan fingerprint density at radius 3 is 2.34 bits per heavy atom. The van der Waals surface area contributed by atoms with Gasteiger partial charge in [-0.3, -0.25) is 19.2 Å². The van der Waals surface area contributed by atoms with Crippen molar-refractivity contribution in [3.8, 4) is 5.69 Å². The van der Waals surface area contributed by atoms with E-state index >= 15 is 0 Å². The molecule has 226 valence electrons. The van der Waals surface area contributed by atoms with Gasteiger partial charge in [-0.15, -0.1) is 0 Å². The summed E-state index contributed by atoms with van der Waals surface area (Å²) in [5.74, 6) is -0.493. The minimum absolute atomic E-state index is 0.150. The first-order valence-electron chi connectivity index (χ1n) is 14.4. The Morgan fingerprint density at radius 2 is 1.78 bits per heavy atom. The number of anilines is 1. The third-order valence-corrected chi connectivity index (χ3v) is 9.05. The van der Waals surface area contributed by atoms with E-state index in [-0.39, 0.29) is 17.7 Å². The molecule has 0 aliphatic carbocycles. The largest absolute Gasteiger partial charge is 0.390 e. The summed E-state index contributed by atoms with van der Waals surface area (Å²) in [6, 6.07) is 6.17. The highest BCUT2D eigenvalue weighted by atomic mass is 32.2. The maximum Gasteiger partial charge on any atom is 0.248 e. The molecule has 0 unspecified atom stereocenters. The fraction of sp³-hybridized carbons (Fsp3) is 0.621. The van der Waals surface area contributed by atoms with Crippen molar-refractivity contribution >= 4 is 27.5 Å². The van der Waals surface area contributed by atoms with Crippen molar-refractivity contribution in [2.45, 2.75) is 84.5 Å². The second kappa shape index (κ2) is 12.1. The van der Waals surface area contributed by atoms with Crippen molar-refractivity contribution in [3.63, 3.8) is 0 Å². The number of unbranched alkanes of at least 4 members (excludes halogenated alkanes) is 1. The number of sulfonamides is 1. The van der Waals surface area contributed by atoms with Gasteiger partial charge < -0.3 is 15.3 Å². The summed E-state index contributed by atoms with van der Waals surface area (Å²) in [5, 5.41) is 18.3. The van der Waals surface area contributed by atoms with Gasteiger partial charge >= 0.3 is 0 Å². The van der Waals surface area contributed by atoms with Crippen LogP contribution in [-0.4, -0.2) is 88.5 Å². The molecule has 12 heteroatoms. The Bertz CT molecular complexity index is 1360. The first-order chi connectivity index (χ1) is 19.3. The monoisotopic (exact) mass is 588 g/mol. The van der Waals surface area contributed by atoms with Crippen molar-refractivity contribution in [2.75, 3.05) is 30.6 Å². The Labute approximate surface area is 243 Å². The van der Waals surface area contributed by atoms with Crippen LogP contribution in [0, 0.1) is 19.8 Å². The van der Waals surface area contributed by atoms with Gasteiger partial charge in [0.05, 0.1) is 23.7 Å². The second-order valence-electron chi connectivity index (χ2n) is 11.8. The molecule has 2 aliphatic heterocycles. The van der Waals surface area contributed by atoms with E-state index in [9.17, 15) is 23.1 Å². The molecule has 41 heavy (non-hydrogen) atoms. The molecule has 2 saturated heterocycles. The van der Waals surface area contributed by atoms with E-state index in [2.05, 4.69) is 21.9 Å². The number of piperazine rings is 1. The molecule has 2 aromatic rings.